The van der Waals surface area contributed by atoms with E-state index in [2.05, 4.69) is 28.4 Å². The molecule has 5 amide bonds. The highest BCUT2D eigenvalue weighted by atomic mass is 16.6. The number of benzene rings is 3. The third-order valence-electron chi connectivity index (χ3n) is 10.8. The van der Waals surface area contributed by atoms with Crippen molar-refractivity contribution in [1.82, 2.24) is 26.3 Å². The second-order valence-electron chi connectivity index (χ2n) is 15.6. The predicted octanol–water partition coefficient (Wildman–Crippen LogP) is 3.11. The highest BCUT2D eigenvalue weighted by molar-refractivity contribution is 6.00. The van der Waals surface area contributed by atoms with Crippen LogP contribution < -0.4 is 48.1 Å². The van der Waals surface area contributed by atoms with Crippen molar-refractivity contribution in [2.24, 2.45) is 17.2 Å². The summed E-state index contributed by atoms with van der Waals surface area (Å²) in [5.74, 6) is -2.19. The molecule has 4 rings (SSSR count). The van der Waals surface area contributed by atoms with Crippen LogP contribution in [0.3, 0.4) is 0 Å². The number of nitrogens with one attached hydrogen (secondary N) is 4. The standard InChI is InChI=1S/C46H66N8O8/c1-6-7-8-9-10-11-12-31-13-16-34(29(2)25-31)43(56)51-37(19-20-47)46(59)54(4)41-33-15-18-40(62-24-22-49)36(28-33)35-26-32(14-17-39(35)61-23-21-48)27-38(44(57)53-60-5)52-42(55)30(3)50-45(41)58/h13-18,25-26,28,30,37-38,41H,6-12,19-24,27,47-49H2,1-5H3,(H,50,58)(H,51,56)(H,52,55)(H,53,57)/t30-,37-,38-,41-/m0/s1. The molecule has 3 aromatic rings. The first kappa shape index (κ1) is 49.1. The number of carbonyl (C=O) groups is 5. The third kappa shape index (κ3) is 13.5. The van der Waals surface area contributed by atoms with Crippen molar-refractivity contribution in [2.75, 3.05) is 47.0 Å². The number of hydrogen-bond acceptors (Lipinski definition) is 11. The van der Waals surface area contributed by atoms with E-state index in [0.717, 1.165) is 30.4 Å². The molecule has 62 heavy (non-hydrogen) atoms. The Kier molecular flexibility index (Phi) is 19.6. The van der Waals surface area contributed by atoms with Crippen LogP contribution in [0.15, 0.2) is 54.6 Å². The number of nitrogens with zero attached hydrogens (tertiary/aromatic N) is 1. The summed E-state index contributed by atoms with van der Waals surface area (Å²) in [7, 11) is 2.73. The molecule has 0 aliphatic carbocycles. The van der Waals surface area contributed by atoms with E-state index in [1.807, 2.05) is 19.1 Å². The highest BCUT2D eigenvalue weighted by Crippen LogP contribution is 2.40. The summed E-state index contributed by atoms with van der Waals surface area (Å²) in [4.78, 5) is 75.9. The monoisotopic (exact) mass is 859 g/mol. The van der Waals surface area contributed by atoms with E-state index in [4.69, 9.17) is 31.5 Å². The zero-order valence-electron chi connectivity index (χ0n) is 36.9. The molecule has 16 nitrogen and oxygen atoms in total. The number of carbonyl (C=O) groups excluding carboxylic acids is 5. The van der Waals surface area contributed by atoms with Gasteiger partial charge in [0.05, 0.1) is 7.11 Å². The number of hydroxylamine groups is 1. The first-order chi connectivity index (χ1) is 29.9. The molecule has 0 aromatic heterocycles. The van der Waals surface area contributed by atoms with E-state index in [1.54, 1.807) is 42.5 Å². The van der Waals surface area contributed by atoms with Crippen molar-refractivity contribution < 1.29 is 38.3 Å². The van der Waals surface area contributed by atoms with E-state index in [1.165, 1.54) is 51.7 Å². The quantitative estimate of drug-likeness (QED) is 0.0607. The van der Waals surface area contributed by atoms with Crippen LogP contribution in [0, 0.1) is 6.92 Å². The minimum absolute atomic E-state index is 0.0431. The number of rotatable bonds is 21. The summed E-state index contributed by atoms with van der Waals surface area (Å²) in [6, 6.07) is 11.4. The van der Waals surface area contributed by atoms with E-state index < -0.39 is 53.7 Å². The lowest BCUT2D eigenvalue weighted by Crippen LogP contribution is -2.56. The highest BCUT2D eigenvalue weighted by Gasteiger charge is 2.36. The van der Waals surface area contributed by atoms with Crippen LogP contribution in [0.5, 0.6) is 11.5 Å². The summed E-state index contributed by atoms with van der Waals surface area (Å²) < 4.78 is 12.2. The lowest BCUT2D eigenvalue weighted by Gasteiger charge is -2.32. The molecule has 16 heteroatoms. The average molecular weight is 859 g/mol. The fraction of sp³-hybridized carbons (Fsp3) is 0.500. The summed E-state index contributed by atoms with van der Waals surface area (Å²) in [6.45, 7) is 6.38. The molecule has 4 bridgehead atoms. The second-order valence-corrected chi connectivity index (χ2v) is 15.6. The van der Waals surface area contributed by atoms with E-state index in [0.29, 0.717) is 39.3 Å². The molecule has 1 aliphatic rings. The Hall–Kier alpha value is -5.55. The van der Waals surface area contributed by atoms with Crippen molar-refractivity contribution in [3.05, 3.63) is 82.4 Å². The first-order valence-electron chi connectivity index (χ1n) is 21.6. The lowest BCUT2D eigenvalue weighted by molar-refractivity contribution is -0.142. The number of likely N-dealkylation sites (N-methyl/N-ethyl adjacent to an activating group) is 1. The zero-order valence-corrected chi connectivity index (χ0v) is 36.9. The van der Waals surface area contributed by atoms with Crippen molar-refractivity contribution in [1.29, 1.82) is 0 Å². The van der Waals surface area contributed by atoms with Crippen LogP contribution in [0.25, 0.3) is 11.1 Å². The summed E-state index contributed by atoms with van der Waals surface area (Å²) >= 11 is 0. The number of fused-ring (bicyclic) bond motifs is 5. The first-order valence-corrected chi connectivity index (χ1v) is 21.6. The Labute approximate surface area is 365 Å². The number of aryl methyl sites for hydroxylation is 2. The molecule has 0 unspecified atom stereocenters. The minimum atomic E-state index is -1.34. The Bertz CT molecular complexity index is 1990. The van der Waals surface area contributed by atoms with Gasteiger partial charge in [0.25, 0.3) is 11.8 Å². The SMILES string of the molecule is CCCCCCCCc1ccc(C(=O)N[C@@H](CCN)C(=O)N(C)[C@@H]2C(=O)N[C@@H](C)C(=O)N[C@H](C(=O)NOC)Cc3ccc(OCCN)c(c3)-c3cc2ccc3OCCN)c(C)c1. The largest absolute Gasteiger partial charge is 0.492 e. The van der Waals surface area contributed by atoms with Crippen LogP contribution in [0.1, 0.15) is 97.4 Å². The molecular weight excluding hydrogens is 793 g/mol. The van der Waals surface area contributed by atoms with Crippen molar-refractivity contribution in [3.63, 3.8) is 0 Å². The molecule has 10 N–H and O–H groups in total. The summed E-state index contributed by atoms with van der Waals surface area (Å²) in [6.07, 6.45) is 8.15. The zero-order chi connectivity index (χ0) is 45.2. The number of nitrogens with two attached hydrogens (primary N) is 3. The van der Waals surface area contributed by atoms with Gasteiger partial charge in [-0.15, -0.1) is 0 Å². The van der Waals surface area contributed by atoms with Crippen molar-refractivity contribution in [3.8, 4) is 22.6 Å². The smallest absolute Gasteiger partial charge is 0.266 e. The summed E-state index contributed by atoms with van der Waals surface area (Å²) in [5.41, 5.74) is 24.3. The van der Waals surface area contributed by atoms with Gasteiger partial charge in [-0.3, -0.25) is 28.8 Å². The maximum absolute atomic E-state index is 14.6. The topological polar surface area (TPSA) is 242 Å². The second kappa shape index (κ2) is 24.8. The third-order valence-corrected chi connectivity index (χ3v) is 10.8. The van der Waals surface area contributed by atoms with Crippen LogP contribution in [0.2, 0.25) is 0 Å². The molecule has 3 aromatic carbocycles. The minimum Gasteiger partial charge on any atom is -0.492 e. The Morgan fingerprint density at radius 1 is 0.839 bits per heavy atom. The van der Waals surface area contributed by atoms with Crippen LogP contribution in [-0.4, -0.2) is 99.6 Å². The molecule has 0 saturated carbocycles. The van der Waals surface area contributed by atoms with E-state index in [-0.39, 0.29) is 45.7 Å². The average Bonchev–Trinajstić information content (AvgIpc) is 3.25. The normalized spacial score (nSPS) is 16.9. The van der Waals surface area contributed by atoms with Gasteiger partial charge in [-0.25, -0.2) is 5.48 Å². The number of unbranched alkanes of at least 4 members (excludes halogenated alkanes) is 5. The van der Waals surface area contributed by atoms with Gasteiger partial charge in [0.2, 0.25) is 17.7 Å². The van der Waals surface area contributed by atoms with Crippen LogP contribution >= 0.6 is 0 Å². The van der Waals surface area contributed by atoms with Crippen LogP contribution in [0.4, 0.5) is 0 Å². The number of amides is 5. The molecule has 4 atom stereocenters. The fourth-order valence-corrected chi connectivity index (χ4v) is 7.53. The van der Waals surface area contributed by atoms with E-state index in [9.17, 15) is 24.0 Å². The predicted molar refractivity (Wildman–Crippen MR) is 238 cm³/mol. The summed E-state index contributed by atoms with van der Waals surface area (Å²) in [5, 5.41) is 8.34. The van der Waals surface area contributed by atoms with Gasteiger partial charge in [0.1, 0.15) is 48.9 Å². The number of ether oxygens (including phenoxy) is 2. The number of hydrogen-bond donors (Lipinski definition) is 7. The van der Waals surface area contributed by atoms with Gasteiger partial charge in [-0.05, 0) is 92.2 Å². The van der Waals surface area contributed by atoms with Crippen molar-refractivity contribution >= 4 is 29.5 Å². The van der Waals surface area contributed by atoms with Gasteiger partial charge in [-0.2, -0.15) is 0 Å². The molecule has 0 spiro atoms. The molecule has 0 fully saturated rings. The van der Waals surface area contributed by atoms with Gasteiger partial charge >= 0.3 is 0 Å². The molecular formula is C46H66N8O8. The van der Waals surface area contributed by atoms with Gasteiger partial charge in [0, 0.05) is 43.2 Å². The fourth-order valence-electron chi connectivity index (χ4n) is 7.53. The maximum Gasteiger partial charge on any atom is 0.266 e. The molecule has 1 aliphatic heterocycles. The van der Waals surface area contributed by atoms with Gasteiger partial charge < -0.3 is 47.5 Å². The van der Waals surface area contributed by atoms with E-state index >= 15 is 0 Å². The van der Waals surface area contributed by atoms with Gasteiger partial charge in [-0.1, -0.05) is 63.3 Å². The molecule has 0 radical (unpaired) electrons. The Balaban J connectivity index is 1.76. The molecule has 1 heterocycles. The Morgan fingerprint density at radius 2 is 1.50 bits per heavy atom. The Morgan fingerprint density at radius 3 is 2.15 bits per heavy atom. The van der Waals surface area contributed by atoms with Crippen molar-refractivity contribution in [2.45, 2.75) is 103 Å². The lowest BCUT2D eigenvalue weighted by atomic mass is 9.93. The molecule has 338 valence electrons. The van der Waals surface area contributed by atoms with Crippen LogP contribution in [-0.2, 0) is 36.9 Å². The van der Waals surface area contributed by atoms with Gasteiger partial charge in [0.15, 0.2) is 0 Å². The molecule has 0 saturated heterocycles. The maximum atomic E-state index is 14.6.